The Labute approximate surface area is 146 Å². The molecule has 2 aromatic carbocycles. The summed E-state index contributed by atoms with van der Waals surface area (Å²) in [6.07, 6.45) is 1.08. The maximum atomic E-state index is 12.2. The molecule has 1 heterocycles. The average Bonchev–Trinajstić information content (AvgIpc) is 2.94. The van der Waals surface area contributed by atoms with Crippen LogP contribution in [0, 0.1) is 17.0 Å². The Morgan fingerprint density at radius 1 is 1.27 bits per heavy atom. The molecule has 0 fully saturated rings. The second-order valence-electron chi connectivity index (χ2n) is 5.41. The lowest BCUT2D eigenvalue weighted by Crippen LogP contribution is -2.17. The van der Waals surface area contributed by atoms with Crippen molar-refractivity contribution in [2.45, 2.75) is 6.92 Å². The second-order valence-corrected chi connectivity index (χ2v) is 5.41. The molecule has 132 valence electrons. The Hall–Kier alpha value is -3.88. The molecular formula is C17H13N3O6. The monoisotopic (exact) mass is 355 g/mol. The number of nitro benzene ring substituents is 1. The van der Waals surface area contributed by atoms with Gasteiger partial charge in [0.2, 0.25) is 0 Å². The number of phenols is 2. The standard InChI is InChI=1S/C17H13N3O6/c1-9-15-13(22)3-2-4-14(15)26-16(9)17(23)19-18-8-10-7-11(20(24)25)5-6-12(10)21/h2-8,21-22H,1H3,(H,19,23). The van der Waals surface area contributed by atoms with Crippen molar-refractivity contribution >= 4 is 28.8 Å². The number of nitro groups is 1. The highest BCUT2D eigenvalue weighted by Gasteiger charge is 2.19. The zero-order valence-corrected chi connectivity index (χ0v) is 13.5. The zero-order chi connectivity index (χ0) is 18.8. The van der Waals surface area contributed by atoms with Crippen molar-refractivity contribution in [3.8, 4) is 11.5 Å². The Bertz CT molecular complexity index is 1050. The lowest BCUT2D eigenvalue weighted by atomic mass is 10.1. The van der Waals surface area contributed by atoms with Crippen molar-refractivity contribution in [1.82, 2.24) is 5.43 Å². The number of aromatic hydroxyl groups is 2. The molecule has 3 N–H and O–H groups in total. The number of hydrogen-bond acceptors (Lipinski definition) is 7. The fourth-order valence-corrected chi connectivity index (χ4v) is 2.47. The summed E-state index contributed by atoms with van der Waals surface area (Å²) in [5, 5.41) is 34.4. The fourth-order valence-electron chi connectivity index (χ4n) is 2.47. The van der Waals surface area contributed by atoms with Gasteiger partial charge < -0.3 is 14.6 Å². The Balaban J connectivity index is 1.82. The smallest absolute Gasteiger partial charge is 0.307 e. The molecule has 0 atom stereocenters. The molecule has 0 spiro atoms. The highest BCUT2D eigenvalue weighted by Crippen LogP contribution is 2.32. The fraction of sp³-hybridized carbons (Fsp3) is 0.0588. The summed E-state index contributed by atoms with van der Waals surface area (Å²) in [4.78, 5) is 22.4. The molecule has 0 aliphatic carbocycles. The van der Waals surface area contributed by atoms with E-state index in [4.69, 9.17) is 4.42 Å². The number of furan rings is 1. The first kappa shape index (κ1) is 17.0. The topological polar surface area (TPSA) is 138 Å². The first-order valence-electron chi connectivity index (χ1n) is 7.40. The van der Waals surface area contributed by atoms with Gasteiger partial charge in [0.15, 0.2) is 5.76 Å². The number of non-ortho nitro benzene ring substituents is 1. The average molecular weight is 355 g/mol. The molecule has 0 bridgehead atoms. The number of fused-ring (bicyclic) bond motifs is 1. The molecule has 3 rings (SSSR count). The number of hydrazone groups is 1. The third-order valence-corrected chi connectivity index (χ3v) is 3.73. The highest BCUT2D eigenvalue weighted by atomic mass is 16.6. The summed E-state index contributed by atoms with van der Waals surface area (Å²) in [6, 6.07) is 8.11. The molecule has 0 radical (unpaired) electrons. The van der Waals surface area contributed by atoms with E-state index in [1.165, 1.54) is 6.07 Å². The van der Waals surface area contributed by atoms with E-state index in [1.54, 1.807) is 19.1 Å². The predicted molar refractivity (Wildman–Crippen MR) is 92.4 cm³/mol. The van der Waals surface area contributed by atoms with Crippen LogP contribution in [0.4, 0.5) is 5.69 Å². The maximum Gasteiger partial charge on any atom is 0.307 e. The Morgan fingerprint density at radius 2 is 2.04 bits per heavy atom. The van der Waals surface area contributed by atoms with Crippen molar-refractivity contribution in [1.29, 1.82) is 0 Å². The van der Waals surface area contributed by atoms with Crippen LogP contribution in [0.2, 0.25) is 0 Å². The molecule has 1 aromatic heterocycles. The van der Waals surface area contributed by atoms with Crippen molar-refractivity contribution < 1.29 is 24.3 Å². The molecule has 0 aliphatic rings. The van der Waals surface area contributed by atoms with Crippen LogP contribution in [0.1, 0.15) is 21.7 Å². The summed E-state index contributed by atoms with van der Waals surface area (Å²) < 4.78 is 5.43. The van der Waals surface area contributed by atoms with E-state index in [0.717, 1.165) is 24.4 Å². The molecule has 1 amide bonds. The summed E-state index contributed by atoms with van der Waals surface area (Å²) in [6.45, 7) is 1.62. The van der Waals surface area contributed by atoms with E-state index in [9.17, 15) is 25.1 Å². The normalized spacial score (nSPS) is 11.1. The second kappa shape index (κ2) is 6.55. The number of amides is 1. The predicted octanol–water partition coefficient (Wildman–Crippen LogP) is 2.82. The molecule has 9 heteroatoms. The summed E-state index contributed by atoms with van der Waals surface area (Å²) in [5.41, 5.74) is 2.87. The maximum absolute atomic E-state index is 12.2. The van der Waals surface area contributed by atoms with Gasteiger partial charge in [-0.3, -0.25) is 14.9 Å². The van der Waals surface area contributed by atoms with Crippen LogP contribution in [0.25, 0.3) is 11.0 Å². The summed E-state index contributed by atoms with van der Waals surface area (Å²) in [5.74, 6) is -0.924. The van der Waals surface area contributed by atoms with Gasteiger partial charge >= 0.3 is 5.91 Å². The van der Waals surface area contributed by atoms with Crippen LogP contribution >= 0.6 is 0 Å². The van der Waals surface area contributed by atoms with Gasteiger partial charge in [-0.15, -0.1) is 0 Å². The summed E-state index contributed by atoms with van der Waals surface area (Å²) >= 11 is 0. The molecule has 0 saturated heterocycles. The van der Waals surface area contributed by atoms with Crippen LogP contribution < -0.4 is 5.43 Å². The number of carbonyl (C=O) groups excluding carboxylic acids is 1. The third-order valence-electron chi connectivity index (χ3n) is 3.73. The number of nitrogens with zero attached hydrogens (tertiary/aromatic N) is 2. The van der Waals surface area contributed by atoms with Crippen LogP contribution in [0.5, 0.6) is 11.5 Å². The van der Waals surface area contributed by atoms with E-state index in [0.29, 0.717) is 16.5 Å². The molecular weight excluding hydrogens is 342 g/mol. The van der Waals surface area contributed by atoms with Crippen LogP contribution in [0.3, 0.4) is 0 Å². The van der Waals surface area contributed by atoms with Crippen LogP contribution in [-0.2, 0) is 0 Å². The van der Waals surface area contributed by atoms with E-state index in [1.807, 2.05) is 0 Å². The quantitative estimate of drug-likeness (QED) is 0.374. The number of benzene rings is 2. The number of hydrogen-bond donors (Lipinski definition) is 3. The Kier molecular flexibility index (Phi) is 4.27. The van der Waals surface area contributed by atoms with Gasteiger partial charge in [0, 0.05) is 23.3 Å². The Morgan fingerprint density at radius 3 is 2.73 bits per heavy atom. The first-order chi connectivity index (χ1) is 12.4. The lowest BCUT2D eigenvalue weighted by molar-refractivity contribution is -0.384. The molecule has 0 saturated carbocycles. The van der Waals surface area contributed by atoms with Gasteiger partial charge in [-0.25, -0.2) is 5.43 Å². The molecule has 26 heavy (non-hydrogen) atoms. The largest absolute Gasteiger partial charge is 0.507 e. The molecule has 3 aromatic rings. The minimum Gasteiger partial charge on any atom is -0.507 e. The van der Waals surface area contributed by atoms with E-state index in [-0.39, 0.29) is 28.5 Å². The number of aryl methyl sites for hydroxylation is 1. The van der Waals surface area contributed by atoms with E-state index in [2.05, 4.69) is 10.5 Å². The van der Waals surface area contributed by atoms with E-state index < -0.39 is 10.8 Å². The van der Waals surface area contributed by atoms with Crippen molar-refractivity contribution in [2.24, 2.45) is 5.10 Å². The first-order valence-corrected chi connectivity index (χ1v) is 7.40. The van der Waals surface area contributed by atoms with Gasteiger partial charge in [-0.2, -0.15) is 5.10 Å². The zero-order valence-electron chi connectivity index (χ0n) is 13.5. The van der Waals surface area contributed by atoms with Crippen molar-refractivity contribution in [3.63, 3.8) is 0 Å². The minimum absolute atomic E-state index is 0.00665. The number of phenolic OH excluding ortho intramolecular Hbond substituents is 2. The van der Waals surface area contributed by atoms with Gasteiger partial charge in [0.05, 0.1) is 16.5 Å². The SMILES string of the molecule is Cc1c(C(=O)NN=Cc2cc([N+](=O)[O-])ccc2O)oc2cccc(O)c12. The molecule has 9 nitrogen and oxygen atoms in total. The van der Waals surface area contributed by atoms with Crippen LogP contribution in [-0.4, -0.2) is 27.3 Å². The number of nitrogens with one attached hydrogen (secondary N) is 1. The van der Waals surface area contributed by atoms with Gasteiger partial charge in [0.1, 0.15) is 17.1 Å². The van der Waals surface area contributed by atoms with Gasteiger partial charge in [0.25, 0.3) is 5.69 Å². The van der Waals surface area contributed by atoms with Crippen LogP contribution in [0.15, 0.2) is 45.9 Å². The van der Waals surface area contributed by atoms with E-state index >= 15 is 0 Å². The van der Waals surface area contributed by atoms with Gasteiger partial charge in [-0.05, 0) is 25.1 Å². The van der Waals surface area contributed by atoms with Crippen molar-refractivity contribution in [3.05, 3.63) is 63.4 Å². The summed E-state index contributed by atoms with van der Waals surface area (Å²) in [7, 11) is 0. The highest BCUT2D eigenvalue weighted by molar-refractivity contribution is 6.01. The third kappa shape index (κ3) is 3.05. The van der Waals surface area contributed by atoms with Crippen molar-refractivity contribution in [2.75, 3.05) is 0 Å². The molecule has 0 unspecified atom stereocenters. The lowest BCUT2D eigenvalue weighted by Gasteiger charge is -2.00. The number of carbonyl (C=O) groups is 1. The van der Waals surface area contributed by atoms with Gasteiger partial charge in [-0.1, -0.05) is 6.07 Å². The molecule has 0 aliphatic heterocycles. The number of rotatable bonds is 4. The minimum atomic E-state index is -0.667.